The number of piperidine rings is 1. The first-order chi connectivity index (χ1) is 8.75. The second-order valence-corrected chi connectivity index (χ2v) is 4.97. The molecule has 1 aromatic heterocycles. The lowest BCUT2D eigenvalue weighted by Gasteiger charge is -2.36. The highest BCUT2D eigenvalue weighted by Gasteiger charge is 2.43. The summed E-state index contributed by atoms with van der Waals surface area (Å²) >= 11 is 0. The minimum atomic E-state index is -0.468. The second kappa shape index (κ2) is 3.98. The Bertz CT molecular complexity index is 574. The van der Waals surface area contributed by atoms with E-state index >= 15 is 0 Å². The van der Waals surface area contributed by atoms with Crippen LogP contribution in [-0.4, -0.2) is 17.1 Å². The largest absolute Gasteiger partial charge is 0.304 e. The van der Waals surface area contributed by atoms with Gasteiger partial charge in [0.05, 0.1) is 11.5 Å². The minimum Gasteiger partial charge on any atom is -0.304 e. The molecule has 2 aliphatic heterocycles. The number of terminal acetylenes is 1. The van der Waals surface area contributed by atoms with Gasteiger partial charge < -0.3 is 5.32 Å². The van der Waals surface area contributed by atoms with Gasteiger partial charge in [0, 0.05) is 30.0 Å². The van der Waals surface area contributed by atoms with Gasteiger partial charge in [-0.25, -0.2) is 0 Å². The molecule has 3 rings (SSSR count). The average molecular weight is 235 g/mol. The standard InChI is InChI=1S/C15H13N3/c1-2-11-5-12(9-17-8-11)15(10-16)6-13-3-4-14(7-15)18-13/h1,3-5,8-9,13-14,18H,6-7H2/t13-,14+,15+. The molecule has 1 aromatic rings. The van der Waals surface area contributed by atoms with Crippen LogP contribution >= 0.6 is 0 Å². The third-order valence-electron chi connectivity index (χ3n) is 3.81. The zero-order valence-corrected chi connectivity index (χ0v) is 9.93. The molecule has 0 saturated carbocycles. The molecule has 1 saturated heterocycles. The minimum absolute atomic E-state index is 0.290. The third-order valence-corrected chi connectivity index (χ3v) is 3.81. The van der Waals surface area contributed by atoms with E-state index in [0.717, 1.165) is 24.0 Å². The molecule has 18 heavy (non-hydrogen) atoms. The molecular weight excluding hydrogens is 222 g/mol. The molecule has 0 aromatic carbocycles. The maximum atomic E-state index is 9.64. The highest BCUT2D eigenvalue weighted by molar-refractivity contribution is 5.41. The summed E-state index contributed by atoms with van der Waals surface area (Å²) < 4.78 is 0. The van der Waals surface area contributed by atoms with Crippen molar-refractivity contribution in [3.8, 4) is 18.4 Å². The van der Waals surface area contributed by atoms with E-state index in [9.17, 15) is 5.26 Å². The van der Waals surface area contributed by atoms with Gasteiger partial charge in [-0.2, -0.15) is 5.26 Å². The number of nitriles is 1. The summed E-state index contributed by atoms with van der Waals surface area (Å²) in [5, 5.41) is 13.1. The molecule has 88 valence electrons. The van der Waals surface area contributed by atoms with Crippen LogP contribution in [-0.2, 0) is 5.41 Å². The Balaban J connectivity index is 2.02. The molecule has 1 N–H and O–H groups in total. The van der Waals surface area contributed by atoms with Crippen LogP contribution in [0, 0.1) is 23.7 Å². The maximum Gasteiger partial charge on any atom is 0.0873 e. The van der Waals surface area contributed by atoms with Crippen LogP contribution in [0.4, 0.5) is 0 Å². The number of fused-ring (bicyclic) bond motifs is 2. The topological polar surface area (TPSA) is 48.7 Å². The zero-order chi connectivity index (χ0) is 12.6. The summed E-state index contributed by atoms with van der Waals surface area (Å²) in [7, 11) is 0. The smallest absolute Gasteiger partial charge is 0.0873 e. The Labute approximate surface area is 107 Å². The van der Waals surface area contributed by atoms with Crippen LogP contribution < -0.4 is 5.32 Å². The van der Waals surface area contributed by atoms with E-state index in [0.29, 0.717) is 0 Å². The first-order valence-corrected chi connectivity index (χ1v) is 6.03. The van der Waals surface area contributed by atoms with Crippen molar-refractivity contribution in [2.75, 3.05) is 0 Å². The van der Waals surface area contributed by atoms with Gasteiger partial charge in [0.25, 0.3) is 0 Å². The van der Waals surface area contributed by atoms with Crippen molar-refractivity contribution >= 4 is 0 Å². The molecule has 2 bridgehead atoms. The summed E-state index contributed by atoms with van der Waals surface area (Å²) in [5.41, 5.74) is 1.21. The zero-order valence-electron chi connectivity index (χ0n) is 9.93. The molecule has 3 nitrogen and oxygen atoms in total. The summed E-state index contributed by atoms with van der Waals surface area (Å²) in [6, 6.07) is 4.99. The predicted molar refractivity (Wildman–Crippen MR) is 68.5 cm³/mol. The Morgan fingerprint density at radius 2 is 2.06 bits per heavy atom. The number of hydrogen-bond donors (Lipinski definition) is 1. The van der Waals surface area contributed by atoms with Gasteiger partial charge in [-0.3, -0.25) is 4.98 Å². The van der Waals surface area contributed by atoms with E-state index in [4.69, 9.17) is 6.42 Å². The fourth-order valence-corrected chi connectivity index (χ4v) is 2.91. The molecule has 0 radical (unpaired) electrons. The molecule has 0 amide bonds. The normalized spacial score (nSPS) is 32.8. The summed E-state index contributed by atoms with van der Waals surface area (Å²) in [4.78, 5) is 4.16. The van der Waals surface area contributed by atoms with Crippen LogP contribution in [0.25, 0.3) is 0 Å². The number of aromatic nitrogens is 1. The first-order valence-electron chi connectivity index (χ1n) is 6.03. The molecule has 0 aliphatic carbocycles. The van der Waals surface area contributed by atoms with Crippen LogP contribution in [0.2, 0.25) is 0 Å². The van der Waals surface area contributed by atoms with Gasteiger partial charge in [-0.1, -0.05) is 18.1 Å². The number of nitrogens with one attached hydrogen (secondary N) is 1. The number of nitrogens with zero attached hydrogens (tertiary/aromatic N) is 2. The Hall–Kier alpha value is -2.10. The summed E-state index contributed by atoms with van der Waals surface area (Å²) in [6.07, 6.45) is 14.7. The van der Waals surface area contributed by atoms with E-state index in [1.807, 2.05) is 6.07 Å². The number of pyridine rings is 1. The second-order valence-electron chi connectivity index (χ2n) is 4.97. The van der Waals surface area contributed by atoms with Gasteiger partial charge in [0.15, 0.2) is 0 Å². The van der Waals surface area contributed by atoms with Crippen LogP contribution in [0.15, 0.2) is 30.6 Å². The number of rotatable bonds is 1. The van der Waals surface area contributed by atoms with Crippen molar-refractivity contribution in [1.82, 2.24) is 10.3 Å². The fraction of sp³-hybridized carbons (Fsp3) is 0.333. The van der Waals surface area contributed by atoms with E-state index in [-0.39, 0.29) is 12.1 Å². The molecule has 1 fully saturated rings. The Morgan fingerprint density at radius 3 is 2.67 bits per heavy atom. The molecule has 3 atom stereocenters. The van der Waals surface area contributed by atoms with Crippen LogP contribution in [0.3, 0.4) is 0 Å². The lowest BCUT2D eigenvalue weighted by molar-refractivity contribution is 0.319. The summed E-state index contributed by atoms with van der Waals surface area (Å²) in [6.45, 7) is 0. The van der Waals surface area contributed by atoms with Gasteiger partial charge in [0.2, 0.25) is 0 Å². The molecular formula is C15H13N3. The quantitative estimate of drug-likeness (QED) is 0.593. The van der Waals surface area contributed by atoms with Crippen molar-refractivity contribution in [2.24, 2.45) is 0 Å². The van der Waals surface area contributed by atoms with Crippen molar-refractivity contribution in [1.29, 1.82) is 5.26 Å². The fourth-order valence-electron chi connectivity index (χ4n) is 2.91. The van der Waals surface area contributed by atoms with E-state index in [1.165, 1.54) is 0 Å². The maximum absolute atomic E-state index is 9.64. The molecule has 3 heteroatoms. The summed E-state index contributed by atoms with van der Waals surface area (Å²) in [5.74, 6) is 2.58. The number of hydrogen-bond acceptors (Lipinski definition) is 3. The molecule has 2 aliphatic rings. The Morgan fingerprint density at radius 1 is 1.33 bits per heavy atom. The van der Waals surface area contributed by atoms with Gasteiger partial charge in [0.1, 0.15) is 0 Å². The van der Waals surface area contributed by atoms with Crippen molar-refractivity contribution in [3.63, 3.8) is 0 Å². The van der Waals surface area contributed by atoms with Crippen LogP contribution in [0.5, 0.6) is 0 Å². The van der Waals surface area contributed by atoms with Crippen molar-refractivity contribution in [3.05, 3.63) is 41.7 Å². The predicted octanol–water partition coefficient (Wildman–Crippen LogP) is 1.51. The molecule has 3 heterocycles. The third kappa shape index (κ3) is 1.61. The van der Waals surface area contributed by atoms with E-state index in [1.54, 1.807) is 12.4 Å². The lowest BCUT2D eigenvalue weighted by Crippen LogP contribution is -2.46. The van der Waals surface area contributed by atoms with Gasteiger partial charge in [-0.05, 0) is 24.5 Å². The highest BCUT2D eigenvalue weighted by Crippen LogP contribution is 2.39. The SMILES string of the molecule is C#Cc1cncc([C@@]2(C#N)C[C@H]3C=C[C@@H](C2)N3)c1. The molecule has 0 unspecified atom stereocenters. The van der Waals surface area contributed by atoms with Crippen molar-refractivity contribution < 1.29 is 0 Å². The first kappa shape index (κ1) is 11.0. The van der Waals surface area contributed by atoms with E-state index < -0.39 is 5.41 Å². The highest BCUT2D eigenvalue weighted by atomic mass is 15.0. The Kier molecular flexibility index (Phi) is 2.44. The van der Waals surface area contributed by atoms with Gasteiger partial charge in [-0.15, -0.1) is 6.42 Å². The van der Waals surface area contributed by atoms with Crippen molar-refractivity contribution in [2.45, 2.75) is 30.3 Å². The van der Waals surface area contributed by atoms with Gasteiger partial charge >= 0.3 is 0 Å². The molecule has 0 spiro atoms. The lowest BCUT2D eigenvalue weighted by atomic mass is 9.72. The average Bonchev–Trinajstić information content (AvgIpc) is 2.78. The monoisotopic (exact) mass is 235 g/mol. The van der Waals surface area contributed by atoms with E-state index in [2.05, 4.69) is 34.4 Å². The van der Waals surface area contributed by atoms with Crippen LogP contribution in [0.1, 0.15) is 24.0 Å².